The molecule has 0 fully saturated rings. The predicted molar refractivity (Wildman–Crippen MR) is 156 cm³/mol. The number of aryl methyl sites for hydroxylation is 2. The Bertz CT molecular complexity index is 1660. The minimum absolute atomic E-state index is 0.0900. The van der Waals surface area contributed by atoms with E-state index in [1.165, 1.54) is 25.5 Å². The van der Waals surface area contributed by atoms with Gasteiger partial charge in [0.1, 0.15) is 22.9 Å². The second-order valence-corrected chi connectivity index (χ2v) is 10.6. The van der Waals surface area contributed by atoms with Gasteiger partial charge in [-0.25, -0.2) is 9.18 Å². The molecule has 4 aromatic rings. The van der Waals surface area contributed by atoms with Crippen molar-refractivity contribution in [3.05, 3.63) is 89.1 Å². The van der Waals surface area contributed by atoms with Gasteiger partial charge >= 0.3 is 5.97 Å². The third-order valence-electron chi connectivity index (χ3n) is 7.28. The topological polar surface area (TPSA) is 93.0 Å². The Balaban J connectivity index is 1.58. The second-order valence-electron chi connectivity index (χ2n) is 10.6. The number of anilines is 3. The summed E-state index contributed by atoms with van der Waals surface area (Å²) in [7, 11) is 3.29. The fourth-order valence-electron chi connectivity index (χ4n) is 5.12. The SMILES string of the molecule is COc1cc(OC(=O)c2occc2C)ccc1-c1ccc2c(c1CNc1cc(F)ccc1C)N(C)C(=O)C(C)(C)N2. The maximum absolute atomic E-state index is 14.1. The predicted octanol–water partition coefficient (Wildman–Crippen LogP) is 6.71. The Morgan fingerprint density at radius 1 is 1.05 bits per heavy atom. The summed E-state index contributed by atoms with van der Waals surface area (Å²) in [6.07, 6.45) is 1.43. The molecule has 0 radical (unpaired) electrons. The van der Waals surface area contributed by atoms with Gasteiger partial charge in [-0.3, -0.25) is 4.79 Å². The number of methoxy groups -OCH3 is 1. The van der Waals surface area contributed by atoms with E-state index in [0.29, 0.717) is 29.2 Å². The molecule has 8 nitrogen and oxygen atoms in total. The maximum Gasteiger partial charge on any atom is 0.379 e. The summed E-state index contributed by atoms with van der Waals surface area (Å²) in [5.41, 5.74) is 5.25. The van der Waals surface area contributed by atoms with E-state index in [-0.39, 0.29) is 23.2 Å². The summed E-state index contributed by atoms with van der Waals surface area (Å²) in [6.45, 7) is 7.63. The number of hydrogen-bond acceptors (Lipinski definition) is 7. The van der Waals surface area contributed by atoms with E-state index < -0.39 is 11.5 Å². The number of nitrogens with one attached hydrogen (secondary N) is 2. The highest BCUT2D eigenvalue weighted by Crippen LogP contribution is 2.45. The standard InChI is InChI=1S/C32H32FN3O5/c1-18-7-8-20(33)15-26(18)34-17-24-22(11-12-25-28(24)36(5)31(38)32(3,4)35-25)23-10-9-21(16-27(23)39-6)41-30(37)29-19(2)13-14-40-29/h7-16,34-35H,17H2,1-6H3. The van der Waals surface area contributed by atoms with Crippen molar-refractivity contribution in [1.29, 1.82) is 0 Å². The molecule has 1 aromatic heterocycles. The summed E-state index contributed by atoms with van der Waals surface area (Å²) >= 11 is 0. The average molecular weight is 558 g/mol. The smallest absolute Gasteiger partial charge is 0.379 e. The van der Waals surface area contributed by atoms with Crippen molar-refractivity contribution < 1.29 is 27.9 Å². The number of carbonyl (C=O) groups excluding carboxylic acids is 2. The molecular formula is C32H32FN3O5. The van der Waals surface area contributed by atoms with Crippen LogP contribution in [0.15, 0.2) is 65.3 Å². The summed E-state index contributed by atoms with van der Waals surface area (Å²) in [5.74, 6) is -0.164. The van der Waals surface area contributed by atoms with Gasteiger partial charge < -0.3 is 29.4 Å². The van der Waals surface area contributed by atoms with Crippen LogP contribution in [0.2, 0.25) is 0 Å². The molecule has 0 unspecified atom stereocenters. The van der Waals surface area contributed by atoms with Crippen molar-refractivity contribution in [2.24, 2.45) is 0 Å². The number of nitrogens with zero attached hydrogens (tertiary/aromatic N) is 1. The van der Waals surface area contributed by atoms with Gasteiger partial charge in [-0.05, 0) is 75.2 Å². The largest absolute Gasteiger partial charge is 0.496 e. The minimum Gasteiger partial charge on any atom is -0.496 e. The third-order valence-corrected chi connectivity index (χ3v) is 7.28. The lowest BCUT2D eigenvalue weighted by Gasteiger charge is -2.40. The highest BCUT2D eigenvalue weighted by atomic mass is 19.1. The van der Waals surface area contributed by atoms with Crippen molar-refractivity contribution in [3.8, 4) is 22.6 Å². The highest BCUT2D eigenvalue weighted by Gasteiger charge is 2.38. The number of esters is 1. The molecule has 3 aromatic carbocycles. The monoisotopic (exact) mass is 557 g/mol. The number of ether oxygens (including phenoxy) is 2. The van der Waals surface area contributed by atoms with Crippen LogP contribution in [0, 0.1) is 19.7 Å². The average Bonchev–Trinajstić information content (AvgIpc) is 3.38. The molecule has 2 heterocycles. The molecule has 212 valence electrons. The Hall–Kier alpha value is -4.79. The molecule has 0 saturated carbocycles. The molecule has 0 saturated heterocycles. The normalized spacial score (nSPS) is 13.8. The van der Waals surface area contributed by atoms with E-state index >= 15 is 0 Å². The van der Waals surface area contributed by atoms with E-state index in [9.17, 15) is 14.0 Å². The lowest BCUT2D eigenvalue weighted by atomic mass is 9.91. The quantitative estimate of drug-likeness (QED) is 0.193. The molecule has 2 N–H and O–H groups in total. The first-order chi connectivity index (χ1) is 19.5. The van der Waals surface area contributed by atoms with Crippen molar-refractivity contribution in [2.75, 3.05) is 29.7 Å². The second kappa shape index (κ2) is 10.6. The van der Waals surface area contributed by atoms with E-state index in [4.69, 9.17) is 13.9 Å². The molecule has 0 bridgehead atoms. The molecule has 1 aliphatic rings. The minimum atomic E-state index is -0.789. The Labute approximate surface area is 238 Å². The zero-order valence-electron chi connectivity index (χ0n) is 23.8. The molecule has 1 amide bonds. The number of amides is 1. The van der Waals surface area contributed by atoms with Crippen molar-refractivity contribution in [1.82, 2.24) is 0 Å². The number of rotatable bonds is 7. The zero-order chi connectivity index (χ0) is 29.5. The van der Waals surface area contributed by atoms with Crippen molar-refractivity contribution in [3.63, 3.8) is 0 Å². The van der Waals surface area contributed by atoms with Crippen LogP contribution < -0.4 is 25.0 Å². The number of halogens is 1. The number of fused-ring (bicyclic) bond motifs is 1. The Kier molecular flexibility index (Phi) is 7.21. The fourth-order valence-corrected chi connectivity index (χ4v) is 5.12. The Morgan fingerprint density at radius 3 is 2.51 bits per heavy atom. The molecule has 0 aliphatic carbocycles. The van der Waals surface area contributed by atoms with Crippen LogP contribution in [0.3, 0.4) is 0 Å². The van der Waals surface area contributed by atoms with Gasteiger partial charge in [-0.15, -0.1) is 0 Å². The number of benzene rings is 3. The lowest BCUT2D eigenvalue weighted by molar-refractivity contribution is -0.121. The van der Waals surface area contributed by atoms with Crippen molar-refractivity contribution in [2.45, 2.75) is 39.8 Å². The first-order valence-corrected chi connectivity index (χ1v) is 13.2. The molecule has 0 spiro atoms. The highest BCUT2D eigenvalue weighted by molar-refractivity contribution is 6.09. The molecule has 5 rings (SSSR count). The Morgan fingerprint density at radius 2 is 1.80 bits per heavy atom. The van der Waals surface area contributed by atoms with Gasteiger partial charge in [-0.2, -0.15) is 0 Å². The van der Waals surface area contributed by atoms with Gasteiger partial charge in [0.05, 0.1) is 24.7 Å². The zero-order valence-corrected chi connectivity index (χ0v) is 23.8. The first-order valence-electron chi connectivity index (χ1n) is 13.2. The summed E-state index contributed by atoms with van der Waals surface area (Å²) < 4.78 is 30.6. The van der Waals surface area contributed by atoms with Crippen LogP contribution in [0.25, 0.3) is 11.1 Å². The van der Waals surface area contributed by atoms with Crippen molar-refractivity contribution >= 4 is 28.9 Å². The number of hydrogen-bond donors (Lipinski definition) is 2. The first kappa shape index (κ1) is 27.8. The molecule has 41 heavy (non-hydrogen) atoms. The van der Waals surface area contributed by atoms with Gasteiger partial charge in [0.15, 0.2) is 0 Å². The summed E-state index contributed by atoms with van der Waals surface area (Å²) in [4.78, 5) is 27.6. The summed E-state index contributed by atoms with van der Waals surface area (Å²) in [5, 5.41) is 6.71. The van der Waals surface area contributed by atoms with Crippen LogP contribution in [0.1, 0.15) is 41.1 Å². The van der Waals surface area contributed by atoms with Gasteiger partial charge in [0.2, 0.25) is 5.76 Å². The molecule has 0 atom stereocenters. The van der Waals surface area contributed by atoms with Crippen LogP contribution in [-0.4, -0.2) is 31.6 Å². The lowest BCUT2D eigenvalue weighted by Crippen LogP contribution is -2.52. The maximum atomic E-state index is 14.1. The van der Waals surface area contributed by atoms with Crippen LogP contribution in [0.4, 0.5) is 21.5 Å². The van der Waals surface area contributed by atoms with Crippen LogP contribution in [0.5, 0.6) is 11.5 Å². The van der Waals surface area contributed by atoms with E-state index in [1.807, 2.05) is 32.9 Å². The van der Waals surface area contributed by atoms with E-state index in [1.54, 1.807) is 49.2 Å². The molecular weight excluding hydrogens is 525 g/mol. The van der Waals surface area contributed by atoms with Crippen LogP contribution in [-0.2, 0) is 11.3 Å². The number of furan rings is 1. The van der Waals surface area contributed by atoms with Gasteiger partial charge in [-0.1, -0.05) is 12.1 Å². The molecule has 1 aliphatic heterocycles. The summed E-state index contributed by atoms with van der Waals surface area (Å²) in [6, 6.07) is 15.3. The van der Waals surface area contributed by atoms with Gasteiger partial charge in [0.25, 0.3) is 5.91 Å². The molecule has 9 heteroatoms. The third kappa shape index (κ3) is 5.23. The van der Waals surface area contributed by atoms with E-state index in [0.717, 1.165) is 27.9 Å². The van der Waals surface area contributed by atoms with Gasteiger partial charge in [0, 0.05) is 42.0 Å². The van der Waals surface area contributed by atoms with E-state index in [2.05, 4.69) is 10.6 Å². The number of carbonyl (C=O) groups is 2. The fraction of sp³-hybridized carbons (Fsp3) is 0.250. The van der Waals surface area contributed by atoms with Crippen LogP contribution >= 0.6 is 0 Å². The number of likely N-dealkylation sites (N-methyl/N-ethyl adjacent to an activating group) is 1.